The zero-order valence-corrected chi connectivity index (χ0v) is 21.7. The highest BCUT2D eigenvalue weighted by atomic mass is 16.5. The number of ether oxygens (including phenoxy) is 3. The Labute approximate surface area is 222 Å². The van der Waals surface area contributed by atoms with Crippen molar-refractivity contribution in [3.05, 3.63) is 89.6 Å². The quantitative estimate of drug-likeness (QED) is 0.264. The second-order valence-electron chi connectivity index (χ2n) is 9.39. The molecule has 5 rings (SSSR count). The van der Waals surface area contributed by atoms with Crippen molar-refractivity contribution in [1.29, 1.82) is 0 Å². The van der Waals surface area contributed by atoms with E-state index in [0.717, 1.165) is 51.6 Å². The summed E-state index contributed by atoms with van der Waals surface area (Å²) in [5.74, 6) is 1.50. The van der Waals surface area contributed by atoms with Gasteiger partial charge in [-0.2, -0.15) is 0 Å². The van der Waals surface area contributed by atoms with E-state index >= 15 is 0 Å². The Bertz CT molecular complexity index is 1490. The molecular formula is C31H32N2O5. The Kier molecular flexibility index (Phi) is 7.38. The van der Waals surface area contributed by atoms with Crippen LogP contribution < -0.4 is 19.5 Å². The summed E-state index contributed by atoms with van der Waals surface area (Å²) in [4.78, 5) is 16.9. The molecule has 0 fully saturated rings. The maximum Gasteiger partial charge on any atom is 0.255 e. The number of aryl methyl sites for hydroxylation is 2. The Hall–Kier alpha value is -4.23. The fourth-order valence-corrected chi connectivity index (χ4v) is 5.16. The molecule has 196 valence electrons. The lowest BCUT2D eigenvalue weighted by Crippen LogP contribution is -2.39. The van der Waals surface area contributed by atoms with Gasteiger partial charge in [0.25, 0.3) is 5.91 Å². The second-order valence-corrected chi connectivity index (χ2v) is 9.39. The fraction of sp³-hybridized carbons (Fsp3) is 0.258. The second kappa shape index (κ2) is 11.0. The topological polar surface area (TPSA) is 92.8 Å². The van der Waals surface area contributed by atoms with Crippen molar-refractivity contribution in [3.8, 4) is 28.4 Å². The number of aromatic amines is 1. The molecule has 0 aliphatic heterocycles. The summed E-state index contributed by atoms with van der Waals surface area (Å²) in [5, 5.41) is 14.2. The van der Waals surface area contributed by atoms with Crippen LogP contribution in [0.2, 0.25) is 0 Å². The molecule has 3 aromatic carbocycles. The van der Waals surface area contributed by atoms with E-state index in [1.807, 2.05) is 54.7 Å². The Morgan fingerprint density at radius 1 is 1.05 bits per heavy atom. The van der Waals surface area contributed by atoms with E-state index in [1.54, 1.807) is 20.3 Å². The minimum absolute atomic E-state index is 0.196. The van der Waals surface area contributed by atoms with Crippen LogP contribution in [0.5, 0.6) is 17.2 Å². The Morgan fingerprint density at radius 3 is 2.45 bits per heavy atom. The minimum Gasteiger partial charge on any atom is -0.493 e. The largest absolute Gasteiger partial charge is 0.493 e. The minimum atomic E-state index is -0.471. The van der Waals surface area contributed by atoms with Crippen LogP contribution in [-0.4, -0.2) is 49.5 Å². The molecule has 1 amide bonds. The van der Waals surface area contributed by atoms with Gasteiger partial charge in [-0.3, -0.25) is 4.79 Å². The van der Waals surface area contributed by atoms with Crippen LogP contribution in [0.15, 0.2) is 67.4 Å². The lowest BCUT2D eigenvalue weighted by Gasteiger charge is -2.24. The molecule has 38 heavy (non-hydrogen) atoms. The average Bonchev–Trinajstić information content (AvgIpc) is 3.36. The summed E-state index contributed by atoms with van der Waals surface area (Å²) in [6.45, 7) is 3.83. The van der Waals surface area contributed by atoms with Crippen LogP contribution in [0.25, 0.3) is 22.0 Å². The number of H-pyrrole nitrogens is 1. The van der Waals surface area contributed by atoms with Gasteiger partial charge >= 0.3 is 0 Å². The van der Waals surface area contributed by atoms with Crippen molar-refractivity contribution in [1.82, 2.24) is 10.3 Å². The van der Waals surface area contributed by atoms with Crippen molar-refractivity contribution in [3.63, 3.8) is 0 Å². The molecule has 1 heterocycles. The van der Waals surface area contributed by atoms with Crippen LogP contribution in [0.1, 0.15) is 27.0 Å². The van der Waals surface area contributed by atoms with Crippen LogP contribution in [0.4, 0.5) is 0 Å². The maximum absolute atomic E-state index is 13.6. The van der Waals surface area contributed by atoms with Gasteiger partial charge in [-0.1, -0.05) is 30.9 Å². The van der Waals surface area contributed by atoms with Crippen molar-refractivity contribution >= 4 is 16.8 Å². The van der Waals surface area contributed by atoms with Gasteiger partial charge in [0.05, 0.1) is 32.4 Å². The van der Waals surface area contributed by atoms with Gasteiger partial charge in [0.1, 0.15) is 12.4 Å². The number of benzene rings is 3. The molecule has 0 radical (unpaired) electrons. The highest BCUT2D eigenvalue weighted by molar-refractivity contribution is 5.99. The smallest absolute Gasteiger partial charge is 0.255 e. The van der Waals surface area contributed by atoms with Crippen LogP contribution in [-0.2, 0) is 19.3 Å². The molecule has 0 saturated heterocycles. The third-order valence-electron chi connectivity index (χ3n) is 7.07. The molecule has 4 aromatic rings. The first kappa shape index (κ1) is 25.4. The lowest BCUT2D eigenvalue weighted by molar-refractivity contribution is 0.0913. The maximum atomic E-state index is 13.6. The zero-order chi connectivity index (χ0) is 26.6. The van der Waals surface area contributed by atoms with E-state index < -0.39 is 6.04 Å². The number of hydrogen-bond donors (Lipinski definition) is 3. The summed E-state index contributed by atoms with van der Waals surface area (Å²) >= 11 is 0. The van der Waals surface area contributed by atoms with Gasteiger partial charge in [0.15, 0.2) is 11.5 Å². The van der Waals surface area contributed by atoms with E-state index in [0.29, 0.717) is 29.2 Å². The highest BCUT2D eigenvalue weighted by Crippen LogP contribution is 2.42. The zero-order valence-electron chi connectivity index (χ0n) is 21.7. The number of fused-ring (bicyclic) bond motifs is 4. The molecule has 3 N–H and O–H groups in total. The average molecular weight is 513 g/mol. The molecule has 7 nitrogen and oxygen atoms in total. The summed E-state index contributed by atoms with van der Waals surface area (Å²) in [5.41, 5.74) is 6.65. The lowest BCUT2D eigenvalue weighted by atomic mass is 9.84. The number of hydrogen-bond acceptors (Lipinski definition) is 5. The first-order valence-electron chi connectivity index (χ1n) is 12.7. The third-order valence-corrected chi connectivity index (χ3v) is 7.07. The fourth-order valence-electron chi connectivity index (χ4n) is 5.16. The molecular weight excluding hydrogens is 480 g/mol. The van der Waals surface area contributed by atoms with E-state index in [-0.39, 0.29) is 19.1 Å². The van der Waals surface area contributed by atoms with Crippen molar-refractivity contribution in [2.45, 2.75) is 25.3 Å². The molecule has 1 aliphatic rings. The first-order chi connectivity index (χ1) is 18.6. The molecule has 0 bridgehead atoms. The van der Waals surface area contributed by atoms with Gasteiger partial charge < -0.3 is 29.6 Å². The van der Waals surface area contributed by atoms with E-state index in [1.165, 1.54) is 0 Å². The van der Waals surface area contributed by atoms with Crippen LogP contribution >= 0.6 is 0 Å². The predicted molar refractivity (Wildman–Crippen MR) is 148 cm³/mol. The number of nitrogens with one attached hydrogen (secondary N) is 2. The first-order valence-corrected chi connectivity index (χ1v) is 12.7. The number of amides is 1. The van der Waals surface area contributed by atoms with E-state index in [9.17, 15) is 9.90 Å². The molecule has 1 aromatic heterocycles. The summed E-state index contributed by atoms with van der Waals surface area (Å²) in [7, 11) is 3.24. The van der Waals surface area contributed by atoms with Crippen LogP contribution in [0, 0.1) is 0 Å². The number of methoxy groups -OCH3 is 2. The number of carbonyl (C=O) groups excluding carboxylic acids is 1. The SMILES string of the molecule is C=CCOc1cc2c(cc1C(=O)NC(CO)Cc1c[nH]c3ccccc13)-c1cc(OC)c(OC)cc1CC2. The summed E-state index contributed by atoms with van der Waals surface area (Å²) < 4.78 is 17.0. The summed E-state index contributed by atoms with van der Waals surface area (Å²) in [6.07, 6.45) is 5.72. The Morgan fingerprint density at radius 2 is 1.74 bits per heavy atom. The van der Waals surface area contributed by atoms with Gasteiger partial charge in [-0.05, 0) is 77.4 Å². The summed E-state index contributed by atoms with van der Waals surface area (Å²) in [6, 6.07) is 15.3. The molecule has 0 spiro atoms. The van der Waals surface area contributed by atoms with Gasteiger partial charge in [-0.25, -0.2) is 0 Å². The van der Waals surface area contributed by atoms with Crippen molar-refractivity contribution in [2.75, 3.05) is 27.4 Å². The molecule has 7 heteroatoms. The number of aliphatic hydroxyl groups excluding tert-OH is 1. The molecule has 0 saturated carbocycles. The monoisotopic (exact) mass is 512 g/mol. The Balaban J connectivity index is 1.49. The number of aliphatic hydroxyl groups is 1. The van der Waals surface area contributed by atoms with Gasteiger partial charge in [0.2, 0.25) is 0 Å². The third kappa shape index (κ3) is 4.85. The number of aromatic nitrogens is 1. The standard InChI is InChI=1S/C31H32N2O5/c1-4-11-38-28-13-19-9-10-20-14-29(36-2)30(37-3)16-25(20)24(19)15-26(28)31(35)33-22(18-34)12-21-17-32-27-8-6-5-7-23(21)27/h4-8,13-17,22,32,34H,1,9-12,18H2,2-3H3,(H,33,35). The van der Waals surface area contributed by atoms with E-state index in [4.69, 9.17) is 14.2 Å². The number of rotatable bonds is 10. The number of para-hydroxylation sites is 1. The highest BCUT2D eigenvalue weighted by Gasteiger charge is 2.25. The predicted octanol–water partition coefficient (Wildman–Crippen LogP) is 4.85. The van der Waals surface area contributed by atoms with Crippen LogP contribution in [0.3, 0.4) is 0 Å². The normalized spacial score (nSPS) is 12.8. The molecule has 1 atom stereocenters. The van der Waals surface area contributed by atoms with E-state index in [2.05, 4.69) is 16.9 Å². The molecule has 1 aliphatic carbocycles. The number of carbonyl (C=O) groups is 1. The van der Waals surface area contributed by atoms with Gasteiger partial charge in [-0.15, -0.1) is 0 Å². The van der Waals surface area contributed by atoms with Crippen molar-refractivity contribution < 1.29 is 24.1 Å². The van der Waals surface area contributed by atoms with Crippen molar-refractivity contribution in [2.24, 2.45) is 0 Å². The van der Waals surface area contributed by atoms with Gasteiger partial charge in [0, 0.05) is 17.1 Å². The molecule has 1 unspecified atom stereocenters.